The van der Waals surface area contributed by atoms with E-state index in [0.717, 1.165) is 5.57 Å². The zero-order chi connectivity index (χ0) is 24.3. The molecule has 33 heavy (non-hydrogen) atoms. The first-order valence-electron chi connectivity index (χ1n) is 11.5. The summed E-state index contributed by atoms with van der Waals surface area (Å²) in [5, 5.41) is 11.2. The van der Waals surface area contributed by atoms with E-state index in [9.17, 15) is 19.5 Å². The molecule has 0 aromatic carbocycles. The van der Waals surface area contributed by atoms with Gasteiger partial charge in [-0.1, -0.05) is 26.8 Å². The van der Waals surface area contributed by atoms with E-state index < -0.39 is 58.9 Å². The maximum atomic E-state index is 12.5. The number of esters is 3. The summed E-state index contributed by atoms with van der Waals surface area (Å²) in [6.07, 6.45) is -1.46. The van der Waals surface area contributed by atoms with E-state index >= 15 is 0 Å². The largest absolute Gasteiger partial charge is 0.465 e. The molecule has 2 aliphatic heterocycles. The number of aliphatic hydroxyl groups excluding tert-OH is 1. The number of ether oxygens (including phenoxy) is 5. The van der Waals surface area contributed by atoms with Crippen LogP contribution >= 0.6 is 0 Å². The summed E-state index contributed by atoms with van der Waals surface area (Å²) in [7, 11) is 0. The van der Waals surface area contributed by atoms with Crippen molar-refractivity contribution in [3.63, 3.8) is 0 Å². The second-order valence-electron chi connectivity index (χ2n) is 10.5. The number of aliphatic hydroxyl groups is 1. The molecule has 2 aliphatic carbocycles. The highest BCUT2D eigenvalue weighted by Crippen LogP contribution is 2.72. The van der Waals surface area contributed by atoms with Crippen LogP contribution in [0.2, 0.25) is 0 Å². The third-order valence-electron chi connectivity index (χ3n) is 8.00. The van der Waals surface area contributed by atoms with Crippen LogP contribution in [0.3, 0.4) is 0 Å². The lowest BCUT2D eigenvalue weighted by Gasteiger charge is -2.58. The standard InChI is InChI=1S/C24H34O9/c1-12(2)7-18(27)32-16-9-23(10-29-14(4)25)17(8-13(16)3)33-21-19(28)20(31-15(5)26)22(23,6)24(21)11-30-24/h8,12,16-17,19-21,28H,7,9-11H2,1-6H3/t16-,17+,19-,20+,21-,22+,23+,24+/m0/s1. The second kappa shape index (κ2) is 8.06. The number of rotatable bonds is 6. The van der Waals surface area contributed by atoms with E-state index in [-0.39, 0.29) is 31.3 Å². The zero-order valence-electron chi connectivity index (χ0n) is 20.1. The normalized spacial score (nSPS) is 43.0. The third-order valence-corrected chi connectivity index (χ3v) is 8.00. The van der Waals surface area contributed by atoms with Crippen LogP contribution in [0.15, 0.2) is 11.6 Å². The molecule has 2 saturated heterocycles. The molecule has 4 aliphatic rings. The van der Waals surface area contributed by atoms with Crippen molar-refractivity contribution >= 4 is 17.9 Å². The van der Waals surface area contributed by atoms with Crippen molar-refractivity contribution < 1.29 is 43.2 Å². The van der Waals surface area contributed by atoms with Crippen molar-refractivity contribution in [2.24, 2.45) is 16.7 Å². The molecule has 0 unspecified atom stereocenters. The van der Waals surface area contributed by atoms with E-state index in [1.54, 1.807) is 0 Å². The fourth-order valence-corrected chi connectivity index (χ4v) is 6.26. The fraction of sp³-hybridized carbons (Fsp3) is 0.792. The first kappa shape index (κ1) is 24.2. The molecule has 4 rings (SSSR count). The Bertz CT molecular complexity index is 875. The van der Waals surface area contributed by atoms with Gasteiger partial charge in [0.05, 0.1) is 23.5 Å². The topological polar surface area (TPSA) is 121 Å². The Morgan fingerprint density at radius 3 is 2.42 bits per heavy atom. The molecule has 2 heterocycles. The van der Waals surface area contributed by atoms with Gasteiger partial charge in [0, 0.05) is 26.7 Å². The predicted molar refractivity (Wildman–Crippen MR) is 114 cm³/mol. The van der Waals surface area contributed by atoms with E-state index in [1.807, 2.05) is 33.8 Å². The van der Waals surface area contributed by atoms with Crippen LogP contribution in [0.25, 0.3) is 0 Å². The Morgan fingerprint density at radius 2 is 1.88 bits per heavy atom. The van der Waals surface area contributed by atoms with Crippen LogP contribution < -0.4 is 0 Å². The zero-order valence-corrected chi connectivity index (χ0v) is 20.1. The summed E-state index contributed by atoms with van der Waals surface area (Å²) in [5.41, 5.74) is -2.00. The van der Waals surface area contributed by atoms with Crippen LogP contribution in [0.1, 0.15) is 54.4 Å². The summed E-state index contributed by atoms with van der Waals surface area (Å²) >= 11 is 0. The minimum absolute atomic E-state index is 0.0617. The summed E-state index contributed by atoms with van der Waals surface area (Å²) in [6.45, 7) is 10.5. The van der Waals surface area contributed by atoms with Gasteiger partial charge < -0.3 is 28.8 Å². The van der Waals surface area contributed by atoms with Crippen LogP contribution in [-0.4, -0.2) is 72.3 Å². The number of carbonyl (C=O) groups excluding carboxylic acids is 3. The van der Waals surface area contributed by atoms with Crippen molar-refractivity contribution in [1.82, 2.24) is 0 Å². The summed E-state index contributed by atoms with van der Waals surface area (Å²) in [4.78, 5) is 36.4. The maximum absolute atomic E-state index is 12.5. The van der Waals surface area contributed by atoms with Gasteiger partial charge >= 0.3 is 17.9 Å². The number of carbonyl (C=O) groups is 3. The Hall–Kier alpha value is -1.97. The Morgan fingerprint density at radius 1 is 1.21 bits per heavy atom. The van der Waals surface area contributed by atoms with Crippen molar-refractivity contribution in [2.75, 3.05) is 13.2 Å². The molecule has 0 aromatic rings. The molecule has 184 valence electrons. The van der Waals surface area contributed by atoms with E-state index in [1.165, 1.54) is 13.8 Å². The van der Waals surface area contributed by atoms with Crippen LogP contribution in [-0.2, 0) is 38.1 Å². The molecule has 3 fully saturated rings. The van der Waals surface area contributed by atoms with Crippen molar-refractivity contribution in [3.05, 3.63) is 11.6 Å². The highest BCUT2D eigenvalue weighted by molar-refractivity contribution is 5.70. The minimum Gasteiger partial charge on any atom is -0.465 e. The van der Waals surface area contributed by atoms with Gasteiger partial charge in [0.2, 0.25) is 0 Å². The average Bonchev–Trinajstić information content (AvgIpc) is 3.48. The lowest BCUT2D eigenvalue weighted by molar-refractivity contribution is -0.241. The Balaban J connectivity index is 1.79. The third kappa shape index (κ3) is 3.51. The molecule has 1 spiro atoms. The monoisotopic (exact) mass is 466 g/mol. The van der Waals surface area contributed by atoms with Gasteiger partial charge in [0.25, 0.3) is 0 Å². The van der Waals surface area contributed by atoms with Crippen LogP contribution in [0, 0.1) is 16.7 Å². The van der Waals surface area contributed by atoms with Crippen molar-refractivity contribution in [3.8, 4) is 0 Å². The maximum Gasteiger partial charge on any atom is 0.306 e. The van der Waals surface area contributed by atoms with Crippen LogP contribution in [0.5, 0.6) is 0 Å². The number of hydrogen-bond donors (Lipinski definition) is 1. The number of epoxide rings is 1. The first-order chi connectivity index (χ1) is 15.4. The summed E-state index contributed by atoms with van der Waals surface area (Å²) < 4.78 is 29.4. The summed E-state index contributed by atoms with van der Waals surface area (Å²) in [5.74, 6) is -1.18. The molecular weight excluding hydrogens is 432 g/mol. The van der Waals surface area contributed by atoms with E-state index in [2.05, 4.69) is 0 Å². The molecule has 9 heteroatoms. The van der Waals surface area contributed by atoms with Gasteiger partial charge in [0.1, 0.15) is 36.6 Å². The van der Waals surface area contributed by atoms with E-state index in [4.69, 9.17) is 23.7 Å². The van der Waals surface area contributed by atoms with Gasteiger partial charge in [-0.15, -0.1) is 0 Å². The van der Waals surface area contributed by atoms with Crippen molar-refractivity contribution in [1.29, 1.82) is 0 Å². The second-order valence-corrected chi connectivity index (χ2v) is 10.5. The number of fused-ring (bicyclic) bond motifs is 2. The average molecular weight is 467 g/mol. The van der Waals surface area contributed by atoms with Crippen LogP contribution in [0.4, 0.5) is 0 Å². The molecular formula is C24H34O9. The number of hydrogen-bond acceptors (Lipinski definition) is 9. The summed E-state index contributed by atoms with van der Waals surface area (Å²) in [6, 6.07) is 0. The van der Waals surface area contributed by atoms with Gasteiger partial charge in [-0.3, -0.25) is 14.4 Å². The SMILES string of the molecule is CC(=O)OC[C@]12C[C@H](OC(=O)CC(C)C)C(C)=C[C@H]1O[C@H]1[C@@H](O)[C@@H](OC(C)=O)[C@@]2(C)[C@@]12CO2. The van der Waals surface area contributed by atoms with Gasteiger partial charge in [-0.05, 0) is 18.4 Å². The fourth-order valence-electron chi connectivity index (χ4n) is 6.26. The predicted octanol–water partition coefficient (Wildman–Crippen LogP) is 1.69. The molecule has 1 N–H and O–H groups in total. The minimum atomic E-state index is -1.11. The van der Waals surface area contributed by atoms with Gasteiger partial charge in [-0.2, -0.15) is 0 Å². The lowest BCUT2D eigenvalue weighted by Crippen LogP contribution is -2.68. The molecule has 0 amide bonds. The van der Waals surface area contributed by atoms with Crippen molar-refractivity contribution in [2.45, 2.75) is 90.5 Å². The lowest BCUT2D eigenvalue weighted by atomic mass is 9.51. The molecule has 0 radical (unpaired) electrons. The Kier molecular flexibility index (Phi) is 5.90. The highest BCUT2D eigenvalue weighted by Gasteiger charge is 2.86. The Labute approximate surface area is 193 Å². The molecule has 0 aromatic heterocycles. The highest BCUT2D eigenvalue weighted by atomic mass is 16.7. The smallest absolute Gasteiger partial charge is 0.306 e. The van der Waals surface area contributed by atoms with Gasteiger partial charge in [-0.25, -0.2) is 0 Å². The van der Waals surface area contributed by atoms with E-state index in [0.29, 0.717) is 6.61 Å². The molecule has 2 bridgehead atoms. The molecule has 8 atom stereocenters. The quantitative estimate of drug-likeness (QED) is 0.270. The molecule has 9 nitrogen and oxygen atoms in total. The molecule has 1 saturated carbocycles. The van der Waals surface area contributed by atoms with Gasteiger partial charge in [0.15, 0.2) is 0 Å². The first-order valence-corrected chi connectivity index (χ1v) is 11.5.